The maximum Gasteiger partial charge on any atom is 0.318 e. The summed E-state index contributed by atoms with van der Waals surface area (Å²) >= 11 is 0. The molecule has 128 valence electrons. The minimum atomic E-state index is -0.707. The molecule has 1 atom stereocenters. The number of nitrogens with one attached hydrogen (secondary N) is 1. The molecule has 0 radical (unpaired) electrons. The van der Waals surface area contributed by atoms with Gasteiger partial charge in [-0.1, -0.05) is 6.07 Å². The van der Waals surface area contributed by atoms with Crippen molar-refractivity contribution in [3.63, 3.8) is 0 Å². The molecule has 1 aromatic rings. The smallest absolute Gasteiger partial charge is 0.318 e. The first-order chi connectivity index (χ1) is 10.7. The molecular formula is C17H28N4O2. The highest BCUT2D eigenvalue weighted by atomic mass is 16.3. The number of hydrogen-bond acceptors (Lipinski definition) is 4. The van der Waals surface area contributed by atoms with Gasteiger partial charge in [0.25, 0.3) is 0 Å². The summed E-state index contributed by atoms with van der Waals surface area (Å²) in [5.41, 5.74) is 1.11. The van der Waals surface area contributed by atoms with E-state index in [2.05, 4.69) is 15.2 Å². The zero-order chi connectivity index (χ0) is 17.0. The van der Waals surface area contributed by atoms with E-state index in [1.807, 2.05) is 50.8 Å². The fourth-order valence-electron chi connectivity index (χ4n) is 2.99. The number of urea groups is 1. The molecule has 1 aromatic heterocycles. The van der Waals surface area contributed by atoms with Crippen LogP contribution in [0.15, 0.2) is 18.2 Å². The van der Waals surface area contributed by atoms with Gasteiger partial charge in [-0.15, -0.1) is 0 Å². The van der Waals surface area contributed by atoms with Crippen LogP contribution in [0.5, 0.6) is 0 Å². The van der Waals surface area contributed by atoms with Gasteiger partial charge in [-0.05, 0) is 39.8 Å². The molecule has 0 aromatic carbocycles. The molecule has 1 aliphatic heterocycles. The van der Waals surface area contributed by atoms with Crippen molar-refractivity contribution < 1.29 is 9.90 Å². The number of carbonyl (C=O) groups is 1. The standard InChI is InChI=1S/C17H28N4O2/c1-13-6-5-7-15(19-13)10-18-16(22)21-9-8-20(11-14(21)2)12-17(3,4)23/h5-7,14,23H,8-12H2,1-4H3,(H,18,22). The Kier molecular flexibility index (Phi) is 5.59. The molecule has 0 bridgehead atoms. The van der Waals surface area contributed by atoms with Crippen molar-refractivity contribution in [2.75, 3.05) is 26.2 Å². The highest BCUT2D eigenvalue weighted by Gasteiger charge is 2.29. The van der Waals surface area contributed by atoms with Crippen LogP contribution in [0.1, 0.15) is 32.2 Å². The summed E-state index contributed by atoms with van der Waals surface area (Å²) in [5, 5.41) is 12.9. The number of nitrogens with zero attached hydrogens (tertiary/aromatic N) is 3. The quantitative estimate of drug-likeness (QED) is 0.879. The van der Waals surface area contributed by atoms with E-state index >= 15 is 0 Å². The summed E-state index contributed by atoms with van der Waals surface area (Å²) < 4.78 is 0. The van der Waals surface area contributed by atoms with E-state index < -0.39 is 5.60 Å². The number of aromatic nitrogens is 1. The summed E-state index contributed by atoms with van der Waals surface area (Å²) in [6, 6.07) is 5.87. The molecule has 1 aliphatic rings. The van der Waals surface area contributed by atoms with Crippen molar-refractivity contribution in [3.05, 3.63) is 29.6 Å². The Morgan fingerprint density at radius 2 is 2.17 bits per heavy atom. The van der Waals surface area contributed by atoms with Gasteiger partial charge in [0, 0.05) is 37.9 Å². The highest BCUT2D eigenvalue weighted by Crippen LogP contribution is 2.13. The van der Waals surface area contributed by atoms with Crippen LogP contribution in [0.3, 0.4) is 0 Å². The van der Waals surface area contributed by atoms with Gasteiger partial charge in [0.05, 0.1) is 17.8 Å². The molecule has 23 heavy (non-hydrogen) atoms. The van der Waals surface area contributed by atoms with Crippen LogP contribution >= 0.6 is 0 Å². The lowest BCUT2D eigenvalue weighted by molar-refractivity contribution is 0.0119. The second kappa shape index (κ2) is 7.27. The number of aliphatic hydroxyl groups is 1. The molecule has 2 N–H and O–H groups in total. The van der Waals surface area contributed by atoms with Crippen LogP contribution in [0, 0.1) is 6.92 Å². The van der Waals surface area contributed by atoms with Crippen LogP contribution in [0.4, 0.5) is 4.79 Å². The number of hydrogen-bond donors (Lipinski definition) is 2. The van der Waals surface area contributed by atoms with Gasteiger partial charge in [0.15, 0.2) is 0 Å². The fraction of sp³-hybridized carbons (Fsp3) is 0.647. The lowest BCUT2D eigenvalue weighted by Gasteiger charge is -2.41. The zero-order valence-electron chi connectivity index (χ0n) is 14.5. The molecule has 6 nitrogen and oxygen atoms in total. The molecule has 1 unspecified atom stereocenters. The third-order valence-electron chi connectivity index (χ3n) is 3.95. The molecule has 2 heterocycles. The van der Waals surface area contributed by atoms with E-state index in [1.54, 1.807) is 0 Å². The number of amides is 2. The van der Waals surface area contributed by atoms with Crippen LogP contribution in [0.25, 0.3) is 0 Å². The van der Waals surface area contributed by atoms with Gasteiger partial charge in [0.2, 0.25) is 0 Å². The van der Waals surface area contributed by atoms with Gasteiger partial charge in [-0.3, -0.25) is 9.88 Å². The molecular weight excluding hydrogens is 292 g/mol. The summed E-state index contributed by atoms with van der Waals surface area (Å²) in [5.74, 6) is 0. The molecule has 2 amide bonds. The minimum absolute atomic E-state index is 0.0521. The Labute approximate surface area is 138 Å². The molecule has 0 saturated carbocycles. The predicted octanol–water partition coefficient (Wildman–Crippen LogP) is 1.38. The van der Waals surface area contributed by atoms with Crippen LogP contribution in [0.2, 0.25) is 0 Å². The SMILES string of the molecule is Cc1cccc(CNC(=O)N2CCN(CC(C)(C)O)CC2C)n1. The summed E-state index contributed by atoms with van der Waals surface area (Å²) in [4.78, 5) is 20.8. The van der Waals surface area contributed by atoms with E-state index in [0.29, 0.717) is 19.6 Å². The summed E-state index contributed by atoms with van der Waals surface area (Å²) in [7, 11) is 0. The van der Waals surface area contributed by atoms with E-state index in [-0.39, 0.29) is 12.1 Å². The van der Waals surface area contributed by atoms with Gasteiger partial charge >= 0.3 is 6.03 Å². The summed E-state index contributed by atoms with van der Waals surface area (Å²) in [6.45, 7) is 10.9. The molecule has 1 saturated heterocycles. The van der Waals surface area contributed by atoms with Gasteiger partial charge in [-0.25, -0.2) is 4.79 Å². The van der Waals surface area contributed by atoms with Crippen LogP contribution in [-0.2, 0) is 6.54 Å². The zero-order valence-corrected chi connectivity index (χ0v) is 14.5. The first kappa shape index (κ1) is 17.7. The Hall–Kier alpha value is -1.66. The average molecular weight is 320 g/mol. The minimum Gasteiger partial charge on any atom is -0.389 e. The third-order valence-corrected chi connectivity index (χ3v) is 3.95. The lowest BCUT2D eigenvalue weighted by atomic mass is 10.1. The number of pyridine rings is 1. The van der Waals surface area contributed by atoms with Crippen molar-refractivity contribution in [1.29, 1.82) is 0 Å². The Balaban J connectivity index is 1.84. The number of rotatable bonds is 4. The highest BCUT2D eigenvalue weighted by molar-refractivity contribution is 5.74. The molecule has 0 spiro atoms. The normalized spacial score (nSPS) is 19.7. The number of β-amino-alcohol motifs (C(OH)–C–C–N with tert-alkyl or cyclic N) is 1. The van der Waals surface area contributed by atoms with Gasteiger partial charge in [0.1, 0.15) is 0 Å². The molecule has 6 heteroatoms. The van der Waals surface area contributed by atoms with E-state index in [0.717, 1.165) is 24.5 Å². The van der Waals surface area contributed by atoms with Crippen molar-refractivity contribution in [2.24, 2.45) is 0 Å². The Bertz CT molecular complexity index is 542. The second-order valence-electron chi connectivity index (χ2n) is 7.02. The number of carbonyl (C=O) groups excluding carboxylic acids is 1. The molecule has 1 fully saturated rings. The number of aryl methyl sites for hydroxylation is 1. The molecule has 0 aliphatic carbocycles. The Morgan fingerprint density at radius 1 is 1.43 bits per heavy atom. The topological polar surface area (TPSA) is 68.7 Å². The van der Waals surface area contributed by atoms with Crippen molar-refractivity contribution in [3.8, 4) is 0 Å². The van der Waals surface area contributed by atoms with E-state index in [9.17, 15) is 9.90 Å². The Morgan fingerprint density at radius 3 is 2.78 bits per heavy atom. The maximum atomic E-state index is 12.4. The van der Waals surface area contributed by atoms with Crippen LogP contribution < -0.4 is 5.32 Å². The predicted molar refractivity (Wildman–Crippen MR) is 90.1 cm³/mol. The monoisotopic (exact) mass is 320 g/mol. The molecule has 2 rings (SSSR count). The largest absolute Gasteiger partial charge is 0.389 e. The van der Waals surface area contributed by atoms with Crippen molar-refractivity contribution in [1.82, 2.24) is 20.1 Å². The van der Waals surface area contributed by atoms with Gasteiger partial charge < -0.3 is 15.3 Å². The first-order valence-electron chi connectivity index (χ1n) is 8.16. The third kappa shape index (κ3) is 5.48. The fourth-order valence-corrected chi connectivity index (χ4v) is 2.99. The first-order valence-corrected chi connectivity index (χ1v) is 8.16. The van der Waals surface area contributed by atoms with Crippen LogP contribution in [-0.4, -0.2) is 63.7 Å². The van der Waals surface area contributed by atoms with E-state index in [4.69, 9.17) is 0 Å². The lowest BCUT2D eigenvalue weighted by Crippen LogP contribution is -2.58. The second-order valence-corrected chi connectivity index (χ2v) is 7.02. The van der Waals surface area contributed by atoms with Gasteiger partial charge in [-0.2, -0.15) is 0 Å². The van der Waals surface area contributed by atoms with Crippen molar-refractivity contribution in [2.45, 2.75) is 45.9 Å². The van der Waals surface area contributed by atoms with Crippen molar-refractivity contribution >= 4 is 6.03 Å². The maximum absolute atomic E-state index is 12.4. The van der Waals surface area contributed by atoms with E-state index in [1.165, 1.54) is 0 Å². The average Bonchev–Trinajstić information content (AvgIpc) is 2.43. The number of piperazine rings is 1. The summed E-state index contributed by atoms with van der Waals surface area (Å²) in [6.07, 6.45) is 0.